The summed E-state index contributed by atoms with van der Waals surface area (Å²) in [4.78, 5) is 21.2. The number of carbonyl (C=O) groups excluding carboxylic acids is 1. The second-order valence-corrected chi connectivity index (χ2v) is 9.69. The van der Waals surface area contributed by atoms with Crippen LogP contribution in [-0.2, 0) is 28.2 Å². The van der Waals surface area contributed by atoms with Crippen molar-refractivity contribution >= 4 is 15.7 Å². The molecule has 4 rings (SSSR count). The van der Waals surface area contributed by atoms with E-state index in [4.69, 9.17) is 0 Å². The maximum Gasteiger partial charge on any atom is 0.226 e. The molecule has 25 heavy (non-hydrogen) atoms. The minimum atomic E-state index is -3.12. The number of amides is 1. The lowest BCUT2D eigenvalue weighted by Gasteiger charge is -2.45. The molecule has 1 saturated carbocycles. The largest absolute Gasteiger partial charge is 0.336 e. The summed E-state index contributed by atoms with van der Waals surface area (Å²) in [5.41, 5.74) is 0. The van der Waals surface area contributed by atoms with E-state index in [9.17, 15) is 13.2 Å². The SMILES string of the molecule is Cc1nc(CN2CCN(C(=O)C3CCC3)[C@H]3CS(=O)(=O)C[C@H]32)n(C)n1. The molecular weight excluding hydrogens is 342 g/mol. The summed E-state index contributed by atoms with van der Waals surface area (Å²) in [5.74, 6) is 2.03. The number of nitrogens with zero attached hydrogens (tertiary/aromatic N) is 5. The monoisotopic (exact) mass is 367 g/mol. The molecule has 1 aromatic heterocycles. The van der Waals surface area contributed by atoms with Gasteiger partial charge in [-0.25, -0.2) is 13.4 Å². The van der Waals surface area contributed by atoms with Crippen LogP contribution in [0.25, 0.3) is 0 Å². The van der Waals surface area contributed by atoms with Gasteiger partial charge in [0.1, 0.15) is 11.6 Å². The summed E-state index contributed by atoms with van der Waals surface area (Å²) < 4.78 is 26.3. The smallest absolute Gasteiger partial charge is 0.226 e. The molecule has 2 aliphatic heterocycles. The van der Waals surface area contributed by atoms with Crippen molar-refractivity contribution in [3.63, 3.8) is 0 Å². The Bertz CT molecular complexity index is 786. The highest BCUT2D eigenvalue weighted by Crippen LogP contribution is 2.33. The van der Waals surface area contributed by atoms with Crippen LogP contribution in [0.3, 0.4) is 0 Å². The Balaban J connectivity index is 1.56. The molecule has 3 fully saturated rings. The van der Waals surface area contributed by atoms with Crippen molar-refractivity contribution in [3.8, 4) is 0 Å². The van der Waals surface area contributed by atoms with E-state index in [2.05, 4.69) is 15.0 Å². The molecule has 0 aromatic carbocycles. The third-order valence-electron chi connectivity index (χ3n) is 5.83. The molecule has 1 amide bonds. The summed E-state index contributed by atoms with van der Waals surface area (Å²) in [7, 11) is -1.26. The third-order valence-corrected chi connectivity index (χ3v) is 7.53. The van der Waals surface area contributed by atoms with Crippen molar-refractivity contribution in [1.82, 2.24) is 24.6 Å². The highest BCUT2D eigenvalue weighted by Gasteiger charge is 2.49. The van der Waals surface area contributed by atoms with Gasteiger partial charge in [-0.1, -0.05) is 6.42 Å². The van der Waals surface area contributed by atoms with Crippen LogP contribution in [0.15, 0.2) is 0 Å². The van der Waals surface area contributed by atoms with E-state index >= 15 is 0 Å². The molecule has 0 spiro atoms. The standard InChI is InChI=1S/C16H25N5O3S/c1-11-17-15(19(2)18-11)8-20-6-7-21(16(22)12-4-3-5-12)14-10-25(23,24)9-13(14)20/h12-14H,3-10H2,1-2H3/t13-,14+/m1/s1. The molecule has 3 heterocycles. The van der Waals surface area contributed by atoms with E-state index in [1.807, 2.05) is 18.9 Å². The molecule has 0 radical (unpaired) electrons. The number of aryl methyl sites for hydroxylation is 2. The Morgan fingerprint density at radius 3 is 2.52 bits per heavy atom. The number of piperazine rings is 1. The zero-order chi connectivity index (χ0) is 17.8. The highest BCUT2D eigenvalue weighted by molar-refractivity contribution is 7.91. The van der Waals surface area contributed by atoms with Crippen LogP contribution in [0.4, 0.5) is 0 Å². The normalized spacial score (nSPS) is 29.4. The maximum absolute atomic E-state index is 12.7. The van der Waals surface area contributed by atoms with Crippen molar-refractivity contribution < 1.29 is 13.2 Å². The molecule has 1 aliphatic carbocycles. The average molecular weight is 367 g/mol. The number of aromatic nitrogens is 3. The number of hydrogen-bond donors (Lipinski definition) is 0. The predicted molar refractivity (Wildman–Crippen MR) is 91.4 cm³/mol. The van der Waals surface area contributed by atoms with Gasteiger partial charge in [0.05, 0.1) is 24.1 Å². The lowest BCUT2D eigenvalue weighted by atomic mass is 9.83. The van der Waals surface area contributed by atoms with Gasteiger partial charge in [-0.15, -0.1) is 0 Å². The van der Waals surface area contributed by atoms with Crippen molar-refractivity contribution in [3.05, 3.63) is 11.6 Å². The molecule has 2 atom stereocenters. The number of carbonyl (C=O) groups is 1. The van der Waals surface area contributed by atoms with Crippen molar-refractivity contribution in [1.29, 1.82) is 0 Å². The van der Waals surface area contributed by atoms with E-state index in [1.165, 1.54) is 0 Å². The summed E-state index contributed by atoms with van der Waals surface area (Å²) in [6.07, 6.45) is 3.00. The van der Waals surface area contributed by atoms with E-state index in [0.29, 0.717) is 25.5 Å². The van der Waals surface area contributed by atoms with Gasteiger partial charge in [0.15, 0.2) is 9.84 Å². The van der Waals surface area contributed by atoms with Crippen LogP contribution in [-0.4, -0.2) is 75.6 Å². The second-order valence-electron chi connectivity index (χ2n) is 7.54. The van der Waals surface area contributed by atoms with Crippen LogP contribution in [0.2, 0.25) is 0 Å². The van der Waals surface area contributed by atoms with Gasteiger partial charge < -0.3 is 4.90 Å². The van der Waals surface area contributed by atoms with Crippen LogP contribution in [0.5, 0.6) is 0 Å². The number of sulfone groups is 1. The Morgan fingerprint density at radius 2 is 1.92 bits per heavy atom. The van der Waals surface area contributed by atoms with Crippen LogP contribution in [0.1, 0.15) is 30.9 Å². The van der Waals surface area contributed by atoms with E-state index < -0.39 is 9.84 Å². The fourth-order valence-corrected chi connectivity index (χ4v) is 6.27. The van der Waals surface area contributed by atoms with Gasteiger partial charge in [0.25, 0.3) is 0 Å². The molecule has 0 unspecified atom stereocenters. The molecular formula is C16H25N5O3S. The number of fused-ring (bicyclic) bond motifs is 1. The quantitative estimate of drug-likeness (QED) is 0.731. The molecule has 8 nitrogen and oxygen atoms in total. The number of rotatable bonds is 3. The molecule has 9 heteroatoms. The lowest BCUT2D eigenvalue weighted by molar-refractivity contribution is -0.144. The van der Waals surface area contributed by atoms with E-state index in [-0.39, 0.29) is 35.4 Å². The minimum absolute atomic E-state index is 0.0878. The van der Waals surface area contributed by atoms with Crippen molar-refractivity contribution in [2.45, 2.75) is 44.8 Å². The molecule has 0 bridgehead atoms. The minimum Gasteiger partial charge on any atom is -0.336 e. The Labute approximate surface area is 148 Å². The van der Waals surface area contributed by atoms with Gasteiger partial charge in [0.2, 0.25) is 5.91 Å². The van der Waals surface area contributed by atoms with Gasteiger partial charge in [0, 0.05) is 32.1 Å². The fraction of sp³-hybridized carbons (Fsp3) is 0.812. The Kier molecular flexibility index (Phi) is 4.10. The molecule has 3 aliphatic rings. The van der Waals surface area contributed by atoms with Crippen LogP contribution < -0.4 is 0 Å². The summed E-state index contributed by atoms with van der Waals surface area (Å²) in [6, 6.07) is -0.360. The molecule has 0 N–H and O–H groups in total. The van der Waals surface area contributed by atoms with Crippen molar-refractivity contribution in [2.75, 3.05) is 24.6 Å². The summed E-state index contributed by atoms with van der Waals surface area (Å²) in [5, 5.41) is 4.27. The van der Waals surface area contributed by atoms with Gasteiger partial charge in [-0.05, 0) is 19.8 Å². The topological polar surface area (TPSA) is 88.4 Å². The number of hydrogen-bond acceptors (Lipinski definition) is 6. The van der Waals surface area contributed by atoms with Crippen LogP contribution >= 0.6 is 0 Å². The Hall–Kier alpha value is -1.48. The first kappa shape index (κ1) is 17.0. The van der Waals surface area contributed by atoms with E-state index in [1.54, 1.807) is 4.68 Å². The van der Waals surface area contributed by atoms with Gasteiger partial charge in [-0.3, -0.25) is 14.4 Å². The van der Waals surface area contributed by atoms with Gasteiger partial charge in [-0.2, -0.15) is 5.10 Å². The zero-order valence-corrected chi connectivity index (χ0v) is 15.6. The van der Waals surface area contributed by atoms with Crippen LogP contribution in [0, 0.1) is 12.8 Å². The predicted octanol–water partition coefficient (Wildman–Crippen LogP) is -0.267. The van der Waals surface area contributed by atoms with E-state index in [0.717, 1.165) is 25.1 Å². The molecule has 1 aromatic rings. The maximum atomic E-state index is 12.7. The summed E-state index contributed by atoms with van der Waals surface area (Å²) in [6.45, 7) is 3.70. The molecule has 2 saturated heterocycles. The third kappa shape index (κ3) is 3.08. The zero-order valence-electron chi connectivity index (χ0n) is 14.8. The lowest BCUT2D eigenvalue weighted by Crippen LogP contribution is -2.61. The Morgan fingerprint density at radius 1 is 1.20 bits per heavy atom. The van der Waals surface area contributed by atoms with Crippen molar-refractivity contribution in [2.24, 2.45) is 13.0 Å². The second kappa shape index (κ2) is 6.05. The first-order valence-corrected chi connectivity index (χ1v) is 10.8. The van der Waals surface area contributed by atoms with Gasteiger partial charge >= 0.3 is 0 Å². The average Bonchev–Trinajstić information content (AvgIpc) is 2.95. The first-order valence-electron chi connectivity index (χ1n) is 8.95. The fourth-order valence-electron chi connectivity index (χ4n) is 4.26. The first-order chi connectivity index (χ1) is 11.8. The summed E-state index contributed by atoms with van der Waals surface area (Å²) >= 11 is 0. The highest BCUT2D eigenvalue weighted by atomic mass is 32.2. The molecule has 138 valence electrons.